The van der Waals surface area contributed by atoms with Crippen LogP contribution in [0.1, 0.15) is 11.6 Å². The van der Waals surface area contributed by atoms with Gasteiger partial charge in [0.25, 0.3) is 5.69 Å². The van der Waals surface area contributed by atoms with E-state index in [0.717, 1.165) is 10.6 Å². The molecule has 5 rings (SSSR count). The molecule has 1 atom stereocenters. The third kappa shape index (κ3) is 4.53. The number of hydrogen-bond acceptors (Lipinski definition) is 12. The average Bonchev–Trinajstić information content (AvgIpc) is 3.56. The smallest absolute Gasteiger partial charge is 0.338 e. The molecule has 1 aliphatic rings. The zero-order chi connectivity index (χ0) is 25.2. The monoisotopic (exact) mass is 542 g/mol. The first-order valence-electron chi connectivity index (χ1n) is 10.3. The lowest BCUT2D eigenvalue weighted by Gasteiger charge is -2.28. The molecule has 2 aromatic heterocycles. The molecule has 15 heteroatoms. The Morgan fingerprint density at radius 1 is 1.25 bits per heavy atom. The Morgan fingerprint density at radius 3 is 2.81 bits per heavy atom. The average molecular weight is 543 g/mol. The van der Waals surface area contributed by atoms with Crippen molar-refractivity contribution >= 4 is 52.3 Å². The number of nitro benzene ring substituents is 1. The van der Waals surface area contributed by atoms with Crippen molar-refractivity contribution in [2.45, 2.75) is 10.4 Å². The minimum atomic E-state index is -0.885. The van der Waals surface area contributed by atoms with E-state index in [1.165, 1.54) is 47.0 Å². The second-order valence-corrected chi connectivity index (χ2v) is 9.96. The van der Waals surface area contributed by atoms with Crippen LogP contribution in [0.25, 0.3) is 10.6 Å². The number of nitrogens with one attached hydrogen (secondary N) is 1. The van der Waals surface area contributed by atoms with E-state index in [4.69, 9.17) is 16.3 Å². The molecular formula is C21H15ClN8O4S2. The molecule has 0 amide bonds. The first kappa shape index (κ1) is 23.8. The predicted molar refractivity (Wildman–Crippen MR) is 133 cm³/mol. The van der Waals surface area contributed by atoms with Crippen molar-refractivity contribution in [2.24, 2.45) is 0 Å². The van der Waals surface area contributed by atoms with E-state index in [-0.39, 0.29) is 28.0 Å². The van der Waals surface area contributed by atoms with Crippen molar-refractivity contribution in [1.82, 2.24) is 30.4 Å². The molecule has 0 aliphatic carbocycles. The molecule has 0 bridgehead atoms. The summed E-state index contributed by atoms with van der Waals surface area (Å²) in [6.45, 7) is 0. The van der Waals surface area contributed by atoms with Gasteiger partial charge >= 0.3 is 5.97 Å². The number of nitro groups is 1. The number of thioether (sulfide) groups is 1. The van der Waals surface area contributed by atoms with E-state index in [9.17, 15) is 14.9 Å². The molecule has 0 spiro atoms. The normalized spacial score (nSPS) is 14.8. The van der Waals surface area contributed by atoms with Gasteiger partial charge in [0.2, 0.25) is 5.95 Å². The van der Waals surface area contributed by atoms with Gasteiger partial charge in [0.15, 0.2) is 4.34 Å². The lowest BCUT2D eigenvalue weighted by Crippen LogP contribution is -2.31. The van der Waals surface area contributed by atoms with Gasteiger partial charge in [-0.3, -0.25) is 10.1 Å². The highest BCUT2D eigenvalue weighted by atomic mass is 35.5. The van der Waals surface area contributed by atoms with Gasteiger partial charge in [-0.1, -0.05) is 76.2 Å². The maximum atomic E-state index is 13.0. The van der Waals surface area contributed by atoms with Gasteiger partial charge in [-0.05, 0) is 22.1 Å². The van der Waals surface area contributed by atoms with Crippen molar-refractivity contribution in [1.29, 1.82) is 0 Å². The number of halogens is 1. The zero-order valence-electron chi connectivity index (χ0n) is 18.4. The lowest BCUT2D eigenvalue weighted by molar-refractivity contribution is -0.384. The minimum Gasteiger partial charge on any atom is -0.466 e. The van der Waals surface area contributed by atoms with Gasteiger partial charge in [0, 0.05) is 23.1 Å². The van der Waals surface area contributed by atoms with Crippen LogP contribution in [0.4, 0.5) is 11.6 Å². The van der Waals surface area contributed by atoms with Crippen LogP contribution in [0.3, 0.4) is 0 Å². The Morgan fingerprint density at radius 2 is 2.06 bits per heavy atom. The van der Waals surface area contributed by atoms with Gasteiger partial charge in [-0.15, -0.1) is 10.2 Å². The van der Waals surface area contributed by atoms with Crippen LogP contribution < -0.4 is 5.32 Å². The highest BCUT2D eigenvalue weighted by molar-refractivity contribution is 8.01. The molecule has 182 valence electrons. The van der Waals surface area contributed by atoms with Gasteiger partial charge in [0.1, 0.15) is 16.1 Å². The molecule has 1 N–H and O–H groups in total. The quantitative estimate of drug-likeness (QED) is 0.156. The SMILES string of the molecule is COC(=O)C1=C(CSc2nnc(-c3ccccc3)s2)Nc2nnnn2C1c1ccc(Cl)c([N+](=O)[O-])c1. The van der Waals surface area contributed by atoms with Gasteiger partial charge in [-0.2, -0.15) is 4.68 Å². The van der Waals surface area contributed by atoms with E-state index in [1.807, 2.05) is 30.3 Å². The number of aromatic nitrogens is 6. The van der Waals surface area contributed by atoms with Gasteiger partial charge < -0.3 is 10.1 Å². The molecule has 36 heavy (non-hydrogen) atoms. The number of carbonyl (C=O) groups excluding carboxylic acids is 1. The van der Waals surface area contributed by atoms with E-state index >= 15 is 0 Å². The molecule has 0 fully saturated rings. The van der Waals surface area contributed by atoms with Crippen LogP contribution in [0.15, 0.2) is 64.1 Å². The molecule has 0 saturated carbocycles. The number of tetrazole rings is 1. The number of rotatable bonds is 7. The van der Waals surface area contributed by atoms with Crippen molar-refractivity contribution in [3.8, 4) is 10.6 Å². The second kappa shape index (κ2) is 10.0. The summed E-state index contributed by atoms with van der Waals surface area (Å²) in [5.74, 6) is -0.0837. The molecular weight excluding hydrogens is 528 g/mol. The molecule has 12 nitrogen and oxygen atoms in total. The summed E-state index contributed by atoms with van der Waals surface area (Å²) < 4.78 is 7.12. The van der Waals surface area contributed by atoms with Crippen LogP contribution >= 0.6 is 34.7 Å². The number of nitrogens with zero attached hydrogens (tertiary/aromatic N) is 7. The number of ether oxygens (including phenoxy) is 1. The maximum absolute atomic E-state index is 13.0. The summed E-state index contributed by atoms with van der Waals surface area (Å²) in [5, 5.41) is 35.5. The van der Waals surface area contributed by atoms with E-state index < -0.39 is 16.9 Å². The molecule has 0 saturated heterocycles. The Hall–Kier alpha value is -3.88. The fourth-order valence-electron chi connectivity index (χ4n) is 3.65. The molecule has 1 unspecified atom stereocenters. The first-order valence-corrected chi connectivity index (χ1v) is 12.5. The summed E-state index contributed by atoms with van der Waals surface area (Å²) in [6, 6.07) is 13.1. The second-order valence-electron chi connectivity index (χ2n) is 7.35. The van der Waals surface area contributed by atoms with E-state index in [2.05, 4.69) is 31.0 Å². The summed E-state index contributed by atoms with van der Waals surface area (Å²) >= 11 is 8.80. The Kier molecular flexibility index (Phi) is 6.63. The molecule has 4 aromatic rings. The third-order valence-corrected chi connectivity index (χ3v) is 7.71. The van der Waals surface area contributed by atoms with E-state index in [0.29, 0.717) is 15.6 Å². The Balaban J connectivity index is 1.52. The fraction of sp³-hybridized carbons (Fsp3) is 0.143. The maximum Gasteiger partial charge on any atom is 0.338 e. The summed E-state index contributed by atoms with van der Waals surface area (Å²) in [5.41, 5.74) is 1.73. The van der Waals surface area contributed by atoms with Gasteiger partial charge in [0.05, 0.1) is 17.6 Å². The van der Waals surface area contributed by atoms with Crippen LogP contribution in [-0.4, -0.2) is 54.2 Å². The third-order valence-electron chi connectivity index (χ3n) is 5.25. The van der Waals surface area contributed by atoms with E-state index in [1.54, 1.807) is 6.07 Å². The summed E-state index contributed by atoms with van der Waals surface area (Å²) in [7, 11) is 1.26. The number of carbonyl (C=O) groups is 1. The topological polar surface area (TPSA) is 151 Å². The molecule has 3 heterocycles. The minimum absolute atomic E-state index is 0.0283. The highest BCUT2D eigenvalue weighted by Gasteiger charge is 2.37. The number of hydrogen-bond donors (Lipinski definition) is 1. The lowest BCUT2D eigenvalue weighted by atomic mass is 9.95. The summed E-state index contributed by atoms with van der Waals surface area (Å²) in [4.78, 5) is 23.9. The van der Waals surface area contributed by atoms with Crippen molar-refractivity contribution in [2.75, 3.05) is 18.2 Å². The Bertz CT molecular complexity index is 1490. The zero-order valence-corrected chi connectivity index (χ0v) is 20.8. The van der Waals surface area contributed by atoms with Crippen LogP contribution in [0.2, 0.25) is 5.02 Å². The van der Waals surface area contributed by atoms with Crippen molar-refractivity contribution in [3.05, 3.63) is 80.5 Å². The fourth-order valence-corrected chi connectivity index (χ4v) is 5.66. The molecule has 2 aromatic carbocycles. The van der Waals surface area contributed by atoms with Crippen LogP contribution in [-0.2, 0) is 9.53 Å². The number of fused-ring (bicyclic) bond motifs is 1. The Labute approximate surface area is 216 Å². The highest BCUT2D eigenvalue weighted by Crippen LogP contribution is 2.39. The largest absolute Gasteiger partial charge is 0.466 e. The number of esters is 1. The molecule has 1 aliphatic heterocycles. The number of methoxy groups -OCH3 is 1. The number of anilines is 1. The van der Waals surface area contributed by atoms with Crippen LogP contribution in [0.5, 0.6) is 0 Å². The molecule has 0 radical (unpaired) electrons. The van der Waals surface area contributed by atoms with Crippen molar-refractivity contribution < 1.29 is 14.5 Å². The number of benzene rings is 2. The standard InChI is InChI=1S/C21H15ClN8O4S2/c1-34-19(31)16-14(10-35-21-26-24-18(36-21)11-5-3-2-4-6-11)23-20-25-27-28-29(20)17(16)12-7-8-13(22)15(9-12)30(32)33/h2-9,17H,10H2,1H3,(H,23,25,28). The van der Waals surface area contributed by atoms with Crippen molar-refractivity contribution in [3.63, 3.8) is 0 Å². The first-order chi connectivity index (χ1) is 17.5. The van der Waals surface area contributed by atoms with Crippen LogP contribution in [0, 0.1) is 10.1 Å². The summed E-state index contributed by atoms with van der Waals surface area (Å²) in [6.07, 6.45) is 0. The predicted octanol–water partition coefficient (Wildman–Crippen LogP) is 3.99. The van der Waals surface area contributed by atoms with Gasteiger partial charge in [-0.25, -0.2) is 4.79 Å².